The van der Waals surface area contributed by atoms with Gasteiger partial charge in [-0.3, -0.25) is 10.1 Å². The van der Waals surface area contributed by atoms with E-state index >= 15 is 0 Å². The van der Waals surface area contributed by atoms with Crippen LogP contribution < -0.4 is 16.2 Å². The van der Waals surface area contributed by atoms with Crippen molar-refractivity contribution in [3.05, 3.63) is 28.6 Å². The molecule has 3 rings (SSSR count). The Balaban J connectivity index is 2.01. The molecule has 11 heteroatoms. The molecule has 11 nitrogen and oxygen atoms in total. The Bertz CT molecular complexity index is 655. The van der Waals surface area contributed by atoms with Crippen molar-refractivity contribution in [2.24, 2.45) is 5.84 Å². The lowest BCUT2D eigenvalue weighted by molar-refractivity contribution is -0.383. The number of hydrogen-bond acceptors (Lipinski definition) is 9. The summed E-state index contributed by atoms with van der Waals surface area (Å²) in [6.45, 7) is 1.59. The number of nitrogens with zero attached hydrogens (tertiary/aromatic N) is 7. The molecule has 0 aliphatic carbocycles. The van der Waals surface area contributed by atoms with Gasteiger partial charge in [0.1, 0.15) is 12.7 Å². The topological polar surface area (TPSA) is 141 Å². The third kappa shape index (κ3) is 1.89. The number of aromatic nitrogens is 5. The lowest BCUT2D eigenvalue weighted by atomic mass is 10.3. The first-order chi connectivity index (χ1) is 9.70. The Hall–Kier alpha value is -2.82. The highest BCUT2D eigenvalue weighted by molar-refractivity contribution is 5.69. The summed E-state index contributed by atoms with van der Waals surface area (Å²) in [5.41, 5.74) is 1.97. The van der Waals surface area contributed by atoms with E-state index in [4.69, 9.17) is 5.84 Å². The molecule has 3 heterocycles. The summed E-state index contributed by atoms with van der Waals surface area (Å²) in [6, 6.07) is 0. The van der Waals surface area contributed by atoms with Gasteiger partial charge in [0.25, 0.3) is 0 Å². The van der Waals surface area contributed by atoms with Gasteiger partial charge in [-0.25, -0.2) is 15.8 Å². The van der Waals surface area contributed by atoms with Crippen LogP contribution >= 0.6 is 0 Å². The van der Waals surface area contributed by atoms with Crippen molar-refractivity contribution < 1.29 is 4.92 Å². The van der Waals surface area contributed by atoms with E-state index in [0.29, 0.717) is 19.6 Å². The molecule has 3 N–H and O–H groups in total. The fourth-order valence-electron chi connectivity index (χ4n) is 2.12. The number of hydrazine groups is 1. The van der Waals surface area contributed by atoms with Gasteiger partial charge in [0.05, 0.1) is 11.5 Å². The molecule has 0 saturated carbocycles. The molecule has 1 aliphatic heterocycles. The van der Waals surface area contributed by atoms with Gasteiger partial charge in [0, 0.05) is 13.1 Å². The van der Waals surface area contributed by atoms with E-state index in [0.717, 1.165) is 5.82 Å². The molecule has 1 aliphatic rings. The van der Waals surface area contributed by atoms with Crippen LogP contribution in [0.15, 0.2) is 12.7 Å². The Morgan fingerprint density at radius 1 is 1.40 bits per heavy atom. The van der Waals surface area contributed by atoms with Crippen LogP contribution in [0, 0.1) is 10.1 Å². The average Bonchev–Trinajstić information content (AvgIpc) is 2.93. The lowest BCUT2D eigenvalue weighted by Gasteiger charge is -2.27. The number of anilines is 2. The summed E-state index contributed by atoms with van der Waals surface area (Å²) in [6.07, 6.45) is 2.87. The van der Waals surface area contributed by atoms with Crippen molar-refractivity contribution in [2.75, 3.05) is 16.9 Å². The zero-order valence-electron chi connectivity index (χ0n) is 10.3. The van der Waals surface area contributed by atoms with Crippen molar-refractivity contribution in [1.82, 2.24) is 24.7 Å². The summed E-state index contributed by atoms with van der Waals surface area (Å²) < 4.78 is 1.89. The predicted octanol–water partition coefficient (Wildman–Crippen LogP) is -0.718. The maximum Gasteiger partial charge on any atom is 0.354 e. The first-order valence-electron chi connectivity index (χ1n) is 5.78. The predicted molar refractivity (Wildman–Crippen MR) is 67.6 cm³/mol. The fraction of sp³-hybridized carbons (Fsp3) is 0.333. The van der Waals surface area contributed by atoms with E-state index < -0.39 is 4.92 Å². The van der Waals surface area contributed by atoms with E-state index in [-0.39, 0.29) is 17.3 Å². The molecule has 0 radical (unpaired) electrons. The Morgan fingerprint density at radius 3 is 3.00 bits per heavy atom. The molecule has 0 spiro atoms. The Labute approximate surface area is 112 Å². The zero-order valence-corrected chi connectivity index (χ0v) is 10.3. The van der Waals surface area contributed by atoms with Crippen molar-refractivity contribution in [3.8, 4) is 0 Å². The summed E-state index contributed by atoms with van der Waals surface area (Å²) in [7, 11) is 0. The molecule has 104 valence electrons. The van der Waals surface area contributed by atoms with Crippen LogP contribution in [-0.2, 0) is 13.1 Å². The highest BCUT2D eigenvalue weighted by atomic mass is 16.6. The van der Waals surface area contributed by atoms with Gasteiger partial charge >= 0.3 is 5.69 Å². The highest BCUT2D eigenvalue weighted by Crippen LogP contribution is 2.32. The van der Waals surface area contributed by atoms with Crippen LogP contribution in [0.25, 0.3) is 0 Å². The summed E-state index contributed by atoms with van der Waals surface area (Å²) in [5, 5.41) is 19.0. The zero-order chi connectivity index (χ0) is 14.1. The van der Waals surface area contributed by atoms with Gasteiger partial charge < -0.3 is 14.9 Å². The van der Waals surface area contributed by atoms with E-state index in [1.54, 1.807) is 11.2 Å². The van der Waals surface area contributed by atoms with E-state index in [2.05, 4.69) is 25.6 Å². The monoisotopic (exact) mass is 277 g/mol. The van der Waals surface area contributed by atoms with Crippen molar-refractivity contribution in [2.45, 2.75) is 13.1 Å². The van der Waals surface area contributed by atoms with Crippen molar-refractivity contribution in [3.63, 3.8) is 0 Å². The van der Waals surface area contributed by atoms with Crippen molar-refractivity contribution in [1.29, 1.82) is 0 Å². The second kappa shape index (κ2) is 4.70. The van der Waals surface area contributed by atoms with Gasteiger partial charge in [-0.15, -0.1) is 10.2 Å². The minimum Gasteiger partial charge on any atom is -0.341 e. The second-order valence-electron chi connectivity index (χ2n) is 4.16. The molecule has 0 fully saturated rings. The molecule has 2 aromatic heterocycles. The summed E-state index contributed by atoms with van der Waals surface area (Å²) in [5.74, 6) is 6.18. The number of fused-ring (bicyclic) bond motifs is 1. The Kier molecular flexibility index (Phi) is 2.87. The van der Waals surface area contributed by atoms with Crippen LogP contribution in [0.4, 0.5) is 17.3 Å². The molecule has 2 aromatic rings. The van der Waals surface area contributed by atoms with E-state index in [1.807, 2.05) is 4.57 Å². The smallest absolute Gasteiger partial charge is 0.341 e. The summed E-state index contributed by atoms with van der Waals surface area (Å²) in [4.78, 5) is 20.2. The number of rotatable bonds is 3. The quantitative estimate of drug-likeness (QED) is 0.422. The number of nitro groups is 1. The van der Waals surface area contributed by atoms with Crippen molar-refractivity contribution >= 4 is 17.3 Å². The molecular weight excluding hydrogens is 266 g/mol. The van der Waals surface area contributed by atoms with Crippen LogP contribution in [0.5, 0.6) is 0 Å². The van der Waals surface area contributed by atoms with Gasteiger partial charge in [-0.1, -0.05) is 0 Å². The third-order valence-corrected chi connectivity index (χ3v) is 3.06. The fourth-order valence-corrected chi connectivity index (χ4v) is 2.12. The molecule has 0 unspecified atom stereocenters. The van der Waals surface area contributed by atoms with Gasteiger partial charge in [0.15, 0.2) is 5.82 Å². The van der Waals surface area contributed by atoms with Gasteiger partial charge in [0.2, 0.25) is 11.6 Å². The molecular formula is C9H11N9O2. The third-order valence-electron chi connectivity index (χ3n) is 3.06. The maximum absolute atomic E-state index is 11.2. The largest absolute Gasteiger partial charge is 0.354 e. The molecule has 0 bridgehead atoms. The molecule has 0 aromatic carbocycles. The van der Waals surface area contributed by atoms with Crippen LogP contribution in [0.3, 0.4) is 0 Å². The first-order valence-corrected chi connectivity index (χ1v) is 5.78. The molecule has 0 amide bonds. The second-order valence-corrected chi connectivity index (χ2v) is 4.16. The number of nitrogens with one attached hydrogen (secondary N) is 1. The van der Waals surface area contributed by atoms with E-state index in [1.165, 1.54) is 6.33 Å². The number of hydrogen-bond donors (Lipinski definition) is 2. The highest BCUT2D eigenvalue weighted by Gasteiger charge is 2.29. The normalized spacial score (nSPS) is 13.9. The van der Waals surface area contributed by atoms with Gasteiger partial charge in [-0.05, 0) is 0 Å². The lowest BCUT2D eigenvalue weighted by Crippen LogP contribution is -2.34. The van der Waals surface area contributed by atoms with Gasteiger partial charge in [-0.2, -0.15) is 0 Å². The van der Waals surface area contributed by atoms with Crippen LogP contribution in [0.1, 0.15) is 5.82 Å². The minimum absolute atomic E-state index is 0.0213. The average molecular weight is 277 g/mol. The Morgan fingerprint density at radius 2 is 2.25 bits per heavy atom. The molecule has 0 atom stereocenters. The van der Waals surface area contributed by atoms with Crippen LogP contribution in [0.2, 0.25) is 0 Å². The standard InChI is InChI=1S/C9H11N9O2/c10-14-8-7(18(19)20)9(12-4-11-8)16-1-2-17-5-13-15-6(17)3-16/h4-5H,1-3,10H2,(H,11,12,14). The minimum atomic E-state index is -0.552. The molecule has 20 heavy (non-hydrogen) atoms. The summed E-state index contributed by atoms with van der Waals surface area (Å²) >= 11 is 0. The number of nitrogen functional groups attached to an aromatic ring is 1. The number of nitrogens with two attached hydrogens (primary N) is 1. The first kappa shape index (κ1) is 12.2. The van der Waals surface area contributed by atoms with Crippen LogP contribution in [-0.4, -0.2) is 36.2 Å². The maximum atomic E-state index is 11.2. The van der Waals surface area contributed by atoms with E-state index in [9.17, 15) is 10.1 Å². The molecule has 0 saturated heterocycles. The SMILES string of the molecule is NNc1ncnc(N2CCn3cnnc3C2)c1[N+](=O)[O-].